The van der Waals surface area contributed by atoms with Gasteiger partial charge in [-0.25, -0.2) is 0 Å². The quantitative estimate of drug-likeness (QED) is 0.508. The SMILES string of the molecule is COc1ccnc(CCC/C=C(/C(=O)NCC2CC2)c2ncc(C)cc2C)c1C. The van der Waals surface area contributed by atoms with E-state index in [0.717, 1.165) is 59.6 Å². The summed E-state index contributed by atoms with van der Waals surface area (Å²) in [6.45, 7) is 6.83. The van der Waals surface area contributed by atoms with Crippen molar-refractivity contribution >= 4 is 11.5 Å². The molecule has 3 rings (SSSR count). The van der Waals surface area contributed by atoms with Gasteiger partial charge in [-0.2, -0.15) is 0 Å². The smallest absolute Gasteiger partial charge is 0.253 e. The molecular weight excluding hydrogens is 362 g/mol. The normalized spacial score (nSPS) is 14.0. The molecule has 2 heterocycles. The number of aromatic nitrogens is 2. The van der Waals surface area contributed by atoms with Gasteiger partial charge in [0.25, 0.3) is 5.91 Å². The Hall–Kier alpha value is -2.69. The molecule has 0 spiro atoms. The van der Waals surface area contributed by atoms with Crippen LogP contribution in [0.4, 0.5) is 0 Å². The molecule has 5 heteroatoms. The molecule has 2 aromatic rings. The topological polar surface area (TPSA) is 64.1 Å². The highest BCUT2D eigenvalue weighted by atomic mass is 16.5. The first-order valence-electron chi connectivity index (χ1n) is 10.4. The molecule has 154 valence electrons. The van der Waals surface area contributed by atoms with Crippen LogP contribution in [0.5, 0.6) is 5.75 Å². The molecule has 1 amide bonds. The molecule has 0 unspecified atom stereocenters. The highest BCUT2D eigenvalue weighted by molar-refractivity contribution is 6.19. The van der Waals surface area contributed by atoms with Gasteiger partial charge in [-0.3, -0.25) is 14.8 Å². The first kappa shape index (κ1) is 21.0. The monoisotopic (exact) mass is 393 g/mol. The van der Waals surface area contributed by atoms with Crippen molar-refractivity contribution in [2.24, 2.45) is 5.92 Å². The van der Waals surface area contributed by atoms with E-state index in [1.165, 1.54) is 12.8 Å². The number of ether oxygens (including phenoxy) is 1. The summed E-state index contributed by atoms with van der Waals surface area (Å²) >= 11 is 0. The number of nitrogens with zero attached hydrogens (tertiary/aromatic N) is 2. The van der Waals surface area contributed by atoms with E-state index in [0.29, 0.717) is 11.5 Å². The molecule has 0 aliphatic heterocycles. The Balaban J connectivity index is 1.71. The number of amides is 1. The number of pyridine rings is 2. The molecule has 0 bridgehead atoms. The fraction of sp³-hybridized carbons (Fsp3) is 0.458. The zero-order valence-electron chi connectivity index (χ0n) is 17.9. The summed E-state index contributed by atoms with van der Waals surface area (Å²) in [5, 5.41) is 3.09. The lowest BCUT2D eigenvalue weighted by Gasteiger charge is -2.12. The molecule has 1 aliphatic rings. The molecule has 0 aromatic carbocycles. The molecular formula is C24H31N3O2. The van der Waals surface area contributed by atoms with E-state index in [1.54, 1.807) is 13.3 Å². The van der Waals surface area contributed by atoms with Crippen molar-refractivity contribution in [2.45, 2.75) is 52.9 Å². The highest BCUT2D eigenvalue weighted by Gasteiger charge is 2.23. The number of hydrogen-bond donors (Lipinski definition) is 1. The van der Waals surface area contributed by atoms with Crippen molar-refractivity contribution in [1.29, 1.82) is 0 Å². The molecule has 0 radical (unpaired) electrons. The zero-order chi connectivity index (χ0) is 20.8. The molecule has 0 atom stereocenters. The minimum atomic E-state index is -0.0213. The van der Waals surface area contributed by atoms with Crippen molar-refractivity contribution in [3.05, 3.63) is 58.7 Å². The third kappa shape index (κ3) is 5.66. The van der Waals surface area contributed by atoms with Gasteiger partial charge < -0.3 is 10.1 Å². The lowest BCUT2D eigenvalue weighted by atomic mass is 10.0. The van der Waals surface area contributed by atoms with Gasteiger partial charge >= 0.3 is 0 Å². The van der Waals surface area contributed by atoms with Gasteiger partial charge in [-0.1, -0.05) is 12.1 Å². The van der Waals surface area contributed by atoms with Gasteiger partial charge in [0.05, 0.1) is 18.4 Å². The van der Waals surface area contributed by atoms with Crippen LogP contribution in [0.15, 0.2) is 30.6 Å². The summed E-state index contributed by atoms with van der Waals surface area (Å²) in [5.74, 6) is 1.49. The summed E-state index contributed by atoms with van der Waals surface area (Å²) in [6, 6.07) is 3.96. The third-order valence-electron chi connectivity index (χ3n) is 5.41. The van der Waals surface area contributed by atoms with Crippen molar-refractivity contribution in [3.63, 3.8) is 0 Å². The molecule has 1 fully saturated rings. The van der Waals surface area contributed by atoms with Gasteiger partial charge in [0.1, 0.15) is 5.75 Å². The van der Waals surface area contributed by atoms with Gasteiger partial charge in [-0.15, -0.1) is 0 Å². The largest absolute Gasteiger partial charge is 0.496 e. The van der Waals surface area contributed by atoms with Crippen LogP contribution < -0.4 is 10.1 Å². The predicted octanol–water partition coefficient (Wildman–Crippen LogP) is 4.34. The van der Waals surface area contributed by atoms with Crippen LogP contribution in [-0.4, -0.2) is 29.5 Å². The van der Waals surface area contributed by atoms with Gasteiger partial charge in [0, 0.05) is 30.2 Å². The van der Waals surface area contributed by atoms with Gasteiger partial charge in [0.2, 0.25) is 0 Å². The van der Waals surface area contributed by atoms with Crippen LogP contribution >= 0.6 is 0 Å². The zero-order valence-corrected chi connectivity index (χ0v) is 17.9. The maximum absolute atomic E-state index is 12.9. The molecule has 0 saturated heterocycles. The minimum Gasteiger partial charge on any atom is -0.496 e. The fourth-order valence-corrected chi connectivity index (χ4v) is 3.50. The number of rotatable bonds is 9. The highest BCUT2D eigenvalue weighted by Crippen LogP contribution is 2.28. The maximum atomic E-state index is 12.9. The number of allylic oxidation sites excluding steroid dienone is 1. The van der Waals surface area contributed by atoms with Gasteiger partial charge in [-0.05, 0) is 76.0 Å². The van der Waals surface area contributed by atoms with Crippen LogP contribution in [0.25, 0.3) is 5.57 Å². The summed E-state index contributed by atoms with van der Waals surface area (Å²) < 4.78 is 5.38. The standard InChI is InChI=1S/C24H31N3O2/c1-16-13-17(2)23(26-14-16)20(24(28)27-15-19-9-10-19)7-5-6-8-21-18(3)22(29-4)11-12-25-21/h7,11-14,19H,5-6,8-10,15H2,1-4H3,(H,27,28)/b20-7+. The number of carbonyl (C=O) groups is 1. The van der Waals surface area contributed by atoms with Crippen molar-refractivity contribution in [1.82, 2.24) is 15.3 Å². The van der Waals surface area contributed by atoms with Crippen LogP contribution in [0.2, 0.25) is 0 Å². The lowest BCUT2D eigenvalue weighted by molar-refractivity contribution is -0.115. The third-order valence-corrected chi connectivity index (χ3v) is 5.41. The summed E-state index contributed by atoms with van der Waals surface area (Å²) in [4.78, 5) is 21.9. The minimum absolute atomic E-state index is 0.0213. The Morgan fingerprint density at radius 2 is 2.07 bits per heavy atom. The number of nitrogens with one attached hydrogen (secondary N) is 1. The van der Waals surface area contributed by atoms with E-state index in [-0.39, 0.29) is 5.91 Å². The van der Waals surface area contributed by atoms with Crippen LogP contribution in [0.3, 0.4) is 0 Å². The molecule has 1 N–H and O–H groups in total. The summed E-state index contributed by atoms with van der Waals surface area (Å²) in [6.07, 6.45) is 10.6. The van der Waals surface area contributed by atoms with E-state index < -0.39 is 0 Å². The predicted molar refractivity (Wildman–Crippen MR) is 116 cm³/mol. The van der Waals surface area contributed by atoms with Gasteiger partial charge in [0.15, 0.2) is 0 Å². The molecule has 1 aliphatic carbocycles. The Morgan fingerprint density at radius 1 is 1.28 bits per heavy atom. The first-order chi connectivity index (χ1) is 14.0. The Kier molecular flexibility index (Phi) is 7.02. The average Bonchev–Trinajstić information content (AvgIpc) is 3.53. The van der Waals surface area contributed by atoms with E-state index in [1.807, 2.05) is 39.1 Å². The van der Waals surface area contributed by atoms with Crippen molar-refractivity contribution < 1.29 is 9.53 Å². The van der Waals surface area contributed by atoms with Crippen molar-refractivity contribution in [2.75, 3.05) is 13.7 Å². The van der Waals surface area contributed by atoms with Crippen LogP contribution in [0, 0.1) is 26.7 Å². The fourth-order valence-electron chi connectivity index (χ4n) is 3.50. The molecule has 29 heavy (non-hydrogen) atoms. The maximum Gasteiger partial charge on any atom is 0.253 e. The Bertz CT molecular complexity index is 901. The second-order valence-corrected chi connectivity index (χ2v) is 7.93. The summed E-state index contributed by atoms with van der Waals surface area (Å²) in [7, 11) is 1.68. The molecule has 2 aromatic heterocycles. The van der Waals surface area contributed by atoms with E-state index in [9.17, 15) is 4.79 Å². The Labute approximate surface area is 173 Å². The van der Waals surface area contributed by atoms with Crippen LogP contribution in [-0.2, 0) is 11.2 Å². The second kappa shape index (κ2) is 9.68. The second-order valence-electron chi connectivity index (χ2n) is 7.93. The Morgan fingerprint density at radius 3 is 2.76 bits per heavy atom. The lowest BCUT2D eigenvalue weighted by Crippen LogP contribution is -2.27. The number of aryl methyl sites for hydroxylation is 3. The molecule has 5 nitrogen and oxygen atoms in total. The average molecular weight is 394 g/mol. The summed E-state index contributed by atoms with van der Waals surface area (Å²) in [5.41, 5.74) is 5.71. The number of methoxy groups -OCH3 is 1. The number of carbonyl (C=O) groups excluding carboxylic acids is 1. The molecule has 1 saturated carbocycles. The number of hydrogen-bond acceptors (Lipinski definition) is 4. The number of unbranched alkanes of at least 4 members (excludes halogenated alkanes) is 1. The van der Waals surface area contributed by atoms with E-state index in [4.69, 9.17) is 4.74 Å². The first-order valence-corrected chi connectivity index (χ1v) is 10.4. The van der Waals surface area contributed by atoms with Crippen LogP contribution in [0.1, 0.15) is 53.8 Å². The van der Waals surface area contributed by atoms with E-state index >= 15 is 0 Å². The van der Waals surface area contributed by atoms with E-state index in [2.05, 4.69) is 21.4 Å². The van der Waals surface area contributed by atoms with Crippen molar-refractivity contribution in [3.8, 4) is 5.75 Å².